The highest BCUT2D eigenvalue weighted by Gasteiger charge is 2.27. The summed E-state index contributed by atoms with van der Waals surface area (Å²) in [7, 11) is 1.20. The molecule has 0 bridgehead atoms. The minimum Gasteiger partial charge on any atom is -0.488 e. The van der Waals surface area contributed by atoms with Crippen molar-refractivity contribution in [2.24, 2.45) is 5.92 Å². The molecular weight excluding hydrogens is 444 g/mol. The number of thiophene rings is 1. The van der Waals surface area contributed by atoms with Gasteiger partial charge >= 0.3 is 11.9 Å². The molecule has 33 heavy (non-hydrogen) atoms. The molecular formula is C24H22N2O6S. The lowest BCUT2D eigenvalue weighted by Gasteiger charge is -2.20. The highest BCUT2D eigenvalue weighted by molar-refractivity contribution is 7.13. The molecule has 1 aliphatic heterocycles. The summed E-state index contributed by atoms with van der Waals surface area (Å²) in [6, 6.07) is 8.06. The monoisotopic (exact) mass is 466 g/mol. The van der Waals surface area contributed by atoms with E-state index in [9.17, 15) is 19.5 Å². The molecule has 2 N–H and O–H groups in total. The van der Waals surface area contributed by atoms with Gasteiger partial charge in [-0.25, -0.2) is 14.6 Å². The van der Waals surface area contributed by atoms with Crippen molar-refractivity contribution in [3.63, 3.8) is 0 Å². The Morgan fingerprint density at radius 3 is 2.67 bits per heavy atom. The molecule has 0 atom stereocenters. The molecule has 0 spiro atoms. The fourth-order valence-corrected chi connectivity index (χ4v) is 4.49. The van der Waals surface area contributed by atoms with E-state index in [4.69, 9.17) is 9.47 Å². The second-order valence-corrected chi connectivity index (χ2v) is 8.87. The molecule has 170 valence electrons. The van der Waals surface area contributed by atoms with Crippen molar-refractivity contribution in [2.45, 2.75) is 20.5 Å². The molecule has 1 amide bonds. The number of pyridine rings is 1. The van der Waals surface area contributed by atoms with Gasteiger partial charge < -0.3 is 19.9 Å². The van der Waals surface area contributed by atoms with Gasteiger partial charge in [-0.15, -0.1) is 11.3 Å². The van der Waals surface area contributed by atoms with Gasteiger partial charge in [0.25, 0.3) is 5.91 Å². The zero-order chi connectivity index (χ0) is 23.7. The number of carboxylic acids is 1. The maximum Gasteiger partial charge on any atom is 0.357 e. The largest absolute Gasteiger partial charge is 0.488 e. The molecule has 3 heterocycles. The molecule has 9 heteroatoms. The fraction of sp³-hybridized carbons (Fsp3) is 0.250. The second kappa shape index (κ2) is 9.03. The quantitative estimate of drug-likeness (QED) is 0.522. The number of hydrogen-bond acceptors (Lipinski definition) is 7. The normalized spacial score (nSPS) is 11.9. The number of esters is 1. The Labute approximate surface area is 194 Å². The molecule has 0 saturated heterocycles. The number of aromatic nitrogens is 1. The van der Waals surface area contributed by atoms with Gasteiger partial charge in [-0.3, -0.25) is 4.79 Å². The zero-order valence-electron chi connectivity index (χ0n) is 18.3. The minimum absolute atomic E-state index is 0.0115. The summed E-state index contributed by atoms with van der Waals surface area (Å²) < 4.78 is 10.7. The molecule has 1 aliphatic rings. The minimum atomic E-state index is -1.16. The van der Waals surface area contributed by atoms with E-state index in [-0.39, 0.29) is 34.0 Å². The number of carboxylic acid groups (broad SMARTS) is 1. The van der Waals surface area contributed by atoms with Crippen LogP contribution >= 0.6 is 11.3 Å². The lowest BCUT2D eigenvalue weighted by atomic mass is 9.93. The number of nitrogens with one attached hydrogen (secondary N) is 1. The molecule has 0 unspecified atom stereocenters. The van der Waals surface area contributed by atoms with Gasteiger partial charge in [0, 0.05) is 33.7 Å². The Morgan fingerprint density at radius 2 is 1.97 bits per heavy atom. The van der Waals surface area contributed by atoms with E-state index >= 15 is 0 Å². The first kappa shape index (κ1) is 22.5. The number of nitrogens with zero attached hydrogens (tertiary/aromatic N) is 1. The van der Waals surface area contributed by atoms with Crippen LogP contribution in [0.15, 0.2) is 35.7 Å². The van der Waals surface area contributed by atoms with Gasteiger partial charge in [-0.1, -0.05) is 13.8 Å². The van der Waals surface area contributed by atoms with Crippen LogP contribution < -0.4 is 10.1 Å². The summed E-state index contributed by atoms with van der Waals surface area (Å²) in [4.78, 5) is 42.4. The summed E-state index contributed by atoms with van der Waals surface area (Å²) in [5, 5.41) is 14.6. The maximum absolute atomic E-state index is 12.6. The summed E-state index contributed by atoms with van der Waals surface area (Å²) in [5.74, 6) is -1.62. The molecule has 1 aromatic carbocycles. The third kappa shape index (κ3) is 4.31. The van der Waals surface area contributed by atoms with E-state index in [0.29, 0.717) is 24.5 Å². The smallest absolute Gasteiger partial charge is 0.357 e. The van der Waals surface area contributed by atoms with E-state index < -0.39 is 17.8 Å². The van der Waals surface area contributed by atoms with E-state index in [1.54, 1.807) is 12.1 Å². The summed E-state index contributed by atoms with van der Waals surface area (Å²) in [5.41, 5.74) is 2.04. The number of fused-ring (bicyclic) bond motifs is 3. The average molecular weight is 467 g/mol. The first-order valence-corrected chi connectivity index (χ1v) is 11.2. The van der Waals surface area contributed by atoms with Gasteiger partial charge in [0.2, 0.25) is 0 Å². The van der Waals surface area contributed by atoms with Crippen molar-refractivity contribution in [2.75, 3.05) is 13.7 Å². The van der Waals surface area contributed by atoms with E-state index in [1.807, 2.05) is 25.3 Å². The van der Waals surface area contributed by atoms with Gasteiger partial charge in [-0.05, 0) is 41.6 Å². The van der Waals surface area contributed by atoms with Crippen molar-refractivity contribution >= 4 is 29.2 Å². The van der Waals surface area contributed by atoms with Crippen LogP contribution in [0.5, 0.6) is 5.75 Å². The number of methoxy groups -OCH3 is 1. The van der Waals surface area contributed by atoms with Crippen LogP contribution in [-0.4, -0.2) is 41.6 Å². The SMILES string of the molecule is COC(=O)c1nc(C(=O)NCC(C)C)ccc1-c1cc2c(cc1C(=O)O)-c1sccc1CO2. The van der Waals surface area contributed by atoms with Crippen molar-refractivity contribution < 1.29 is 29.0 Å². The summed E-state index contributed by atoms with van der Waals surface area (Å²) in [6.07, 6.45) is 0. The molecule has 2 aromatic heterocycles. The van der Waals surface area contributed by atoms with Crippen molar-refractivity contribution in [1.82, 2.24) is 10.3 Å². The highest BCUT2D eigenvalue weighted by Crippen LogP contribution is 2.44. The average Bonchev–Trinajstić information content (AvgIpc) is 3.30. The number of carbonyl (C=O) groups excluding carboxylic acids is 2. The maximum atomic E-state index is 12.6. The second-order valence-electron chi connectivity index (χ2n) is 7.95. The lowest BCUT2D eigenvalue weighted by molar-refractivity contribution is 0.0593. The topological polar surface area (TPSA) is 115 Å². The number of carbonyl (C=O) groups is 3. The van der Waals surface area contributed by atoms with Crippen LogP contribution in [0.2, 0.25) is 0 Å². The number of rotatable bonds is 6. The van der Waals surface area contributed by atoms with Crippen LogP contribution in [0.4, 0.5) is 0 Å². The van der Waals surface area contributed by atoms with E-state index in [1.165, 1.54) is 30.6 Å². The number of hydrogen-bond donors (Lipinski definition) is 2. The highest BCUT2D eigenvalue weighted by atomic mass is 32.1. The predicted molar refractivity (Wildman–Crippen MR) is 123 cm³/mol. The lowest BCUT2D eigenvalue weighted by Crippen LogP contribution is -2.28. The van der Waals surface area contributed by atoms with E-state index in [0.717, 1.165) is 10.4 Å². The molecule has 0 saturated carbocycles. The summed E-state index contributed by atoms with van der Waals surface area (Å²) in [6.45, 7) is 4.74. The number of amides is 1. The van der Waals surface area contributed by atoms with Crippen LogP contribution in [0.25, 0.3) is 21.6 Å². The van der Waals surface area contributed by atoms with Crippen LogP contribution in [0.3, 0.4) is 0 Å². The van der Waals surface area contributed by atoms with Crippen LogP contribution in [0.1, 0.15) is 50.7 Å². The Kier molecular flexibility index (Phi) is 6.15. The molecule has 0 radical (unpaired) electrons. The van der Waals surface area contributed by atoms with E-state index in [2.05, 4.69) is 10.3 Å². The van der Waals surface area contributed by atoms with Gasteiger partial charge in [0.15, 0.2) is 5.69 Å². The van der Waals surface area contributed by atoms with Gasteiger partial charge in [0.05, 0.1) is 12.7 Å². The standard InChI is InChI=1S/C24H22N2O6S/c1-12(2)10-25-22(27)18-5-4-14(20(26-18)24(30)31-3)15-9-19-17(8-16(15)23(28)29)21-13(11-32-19)6-7-33-21/h4-9,12H,10-11H2,1-3H3,(H,25,27)(H,28,29). The predicted octanol–water partition coefficient (Wildman–Crippen LogP) is 4.24. The van der Waals surface area contributed by atoms with Crippen molar-refractivity contribution in [3.05, 3.63) is 58.2 Å². The number of ether oxygens (including phenoxy) is 2. The first-order chi connectivity index (χ1) is 15.8. The zero-order valence-corrected chi connectivity index (χ0v) is 19.1. The molecule has 0 aliphatic carbocycles. The molecule has 4 rings (SSSR count). The van der Waals surface area contributed by atoms with Gasteiger partial charge in [0.1, 0.15) is 18.1 Å². The summed E-state index contributed by atoms with van der Waals surface area (Å²) >= 11 is 1.51. The molecule has 8 nitrogen and oxygen atoms in total. The third-order valence-corrected chi connectivity index (χ3v) is 6.18. The Hall–Kier alpha value is -3.72. The van der Waals surface area contributed by atoms with Crippen LogP contribution in [0, 0.1) is 5.92 Å². The Bertz CT molecular complexity index is 1260. The Morgan fingerprint density at radius 1 is 1.18 bits per heavy atom. The first-order valence-electron chi connectivity index (χ1n) is 10.3. The van der Waals surface area contributed by atoms with Gasteiger partial charge in [-0.2, -0.15) is 0 Å². The third-order valence-electron chi connectivity index (χ3n) is 5.19. The molecule has 0 fully saturated rings. The van der Waals surface area contributed by atoms with Crippen LogP contribution in [-0.2, 0) is 11.3 Å². The number of aromatic carboxylic acids is 1. The van der Waals surface area contributed by atoms with Crippen molar-refractivity contribution in [1.29, 1.82) is 0 Å². The fourth-order valence-electron chi connectivity index (χ4n) is 3.56. The molecule has 3 aromatic rings. The van der Waals surface area contributed by atoms with Crippen molar-refractivity contribution in [3.8, 4) is 27.3 Å². The number of benzene rings is 1. The Balaban J connectivity index is 1.85.